The second kappa shape index (κ2) is 4.97. The third-order valence-corrected chi connectivity index (χ3v) is 3.45. The Labute approximate surface area is 110 Å². The number of hydrogen-bond donors (Lipinski definition) is 2. The fourth-order valence-corrected chi connectivity index (χ4v) is 1.94. The van der Waals surface area contributed by atoms with E-state index >= 15 is 0 Å². The molecule has 1 saturated carbocycles. The number of nitrogens with one attached hydrogen (secondary N) is 1. The zero-order valence-corrected chi connectivity index (χ0v) is 10.7. The molecule has 1 aromatic carbocycles. The summed E-state index contributed by atoms with van der Waals surface area (Å²) >= 11 is 0. The van der Waals surface area contributed by atoms with Crippen molar-refractivity contribution in [3.8, 4) is 0 Å². The molecule has 102 valence electrons. The fourth-order valence-electron chi connectivity index (χ4n) is 1.94. The highest BCUT2D eigenvalue weighted by molar-refractivity contribution is 5.95. The van der Waals surface area contributed by atoms with Gasteiger partial charge in [0.05, 0.1) is 11.5 Å². The van der Waals surface area contributed by atoms with Gasteiger partial charge in [0.1, 0.15) is 0 Å². The van der Waals surface area contributed by atoms with Crippen LogP contribution in [0.15, 0.2) is 18.2 Å². The van der Waals surface area contributed by atoms with Crippen LogP contribution in [0.5, 0.6) is 0 Å². The molecule has 0 heterocycles. The molecule has 2 N–H and O–H groups in total. The fraction of sp³-hybridized carbons (Fsp3) is 0.462. The van der Waals surface area contributed by atoms with Gasteiger partial charge in [0.25, 0.3) is 11.6 Å². The number of hydrogen-bond acceptors (Lipinski definition) is 4. The van der Waals surface area contributed by atoms with Gasteiger partial charge in [-0.25, -0.2) is 0 Å². The predicted octanol–water partition coefficient (Wildman–Crippen LogP) is 1.41. The molecule has 1 aliphatic carbocycles. The van der Waals surface area contributed by atoms with Crippen LogP contribution in [-0.4, -0.2) is 29.1 Å². The normalized spacial score (nSPS) is 15.9. The van der Waals surface area contributed by atoms with Crippen LogP contribution in [0.1, 0.15) is 28.8 Å². The molecule has 1 aliphatic rings. The largest absolute Gasteiger partial charge is 0.396 e. The molecule has 19 heavy (non-hydrogen) atoms. The summed E-state index contributed by atoms with van der Waals surface area (Å²) in [5.41, 5.74) is 0.683. The molecular formula is C13H16N2O4. The van der Waals surface area contributed by atoms with Crippen LogP contribution >= 0.6 is 0 Å². The smallest absolute Gasteiger partial charge is 0.270 e. The van der Waals surface area contributed by atoms with Gasteiger partial charge in [0.2, 0.25) is 0 Å². The Hall–Kier alpha value is -1.95. The molecule has 0 bridgehead atoms. The van der Waals surface area contributed by atoms with E-state index < -0.39 is 4.92 Å². The van der Waals surface area contributed by atoms with Crippen LogP contribution < -0.4 is 5.32 Å². The number of nitro groups is 1. The van der Waals surface area contributed by atoms with Crippen molar-refractivity contribution in [3.05, 3.63) is 39.4 Å². The first-order valence-corrected chi connectivity index (χ1v) is 6.11. The maximum absolute atomic E-state index is 11.9. The lowest BCUT2D eigenvalue weighted by Gasteiger charge is -2.12. The molecule has 1 fully saturated rings. The lowest BCUT2D eigenvalue weighted by molar-refractivity contribution is -0.384. The minimum absolute atomic E-state index is 0.0568. The SMILES string of the molecule is Cc1cc(C(=O)NCC2(CO)CC2)cc([N+](=O)[O-])c1. The van der Waals surface area contributed by atoms with Crippen molar-refractivity contribution in [1.82, 2.24) is 5.32 Å². The van der Waals surface area contributed by atoms with Crippen molar-refractivity contribution in [2.75, 3.05) is 13.2 Å². The molecule has 0 aromatic heterocycles. The highest BCUT2D eigenvalue weighted by Gasteiger charge is 2.42. The van der Waals surface area contributed by atoms with Gasteiger partial charge in [0.15, 0.2) is 0 Å². The molecule has 0 unspecified atom stereocenters. The van der Waals surface area contributed by atoms with E-state index in [4.69, 9.17) is 5.11 Å². The summed E-state index contributed by atoms with van der Waals surface area (Å²) in [5, 5.41) is 22.6. The molecule has 0 radical (unpaired) electrons. The number of nitro benzene ring substituents is 1. The van der Waals surface area contributed by atoms with Gasteiger partial charge in [-0.3, -0.25) is 14.9 Å². The Morgan fingerprint density at radius 3 is 2.68 bits per heavy atom. The number of aliphatic hydroxyl groups excluding tert-OH is 1. The maximum Gasteiger partial charge on any atom is 0.270 e. The van der Waals surface area contributed by atoms with E-state index in [1.807, 2.05) is 0 Å². The number of benzene rings is 1. The van der Waals surface area contributed by atoms with Gasteiger partial charge in [-0.2, -0.15) is 0 Å². The van der Waals surface area contributed by atoms with Gasteiger partial charge >= 0.3 is 0 Å². The van der Waals surface area contributed by atoms with Crippen LogP contribution in [-0.2, 0) is 0 Å². The highest BCUT2D eigenvalue weighted by Crippen LogP contribution is 2.44. The van der Waals surface area contributed by atoms with Gasteiger partial charge in [-0.15, -0.1) is 0 Å². The van der Waals surface area contributed by atoms with Crippen molar-refractivity contribution >= 4 is 11.6 Å². The van der Waals surface area contributed by atoms with E-state index in [2.05, 4.69) is 5.32 Å². The third kappa shape index (κ3) is 3.08. The predicted molar refractivity (Wildman–Crippen MR) is 68.9 cm³/mol. The average Bonchev–Trinajstić information content (AvgIpc) is 3.16. The van der Waals surface area contributed by atoms with E-state index in [0.29, 0.717) is 12.1 Å². The average molecular weight is 264 g/mol. The van der Waals surface area contributed by atoms with E-state index in [-0.39, 0.29) is 29.2 Å². The topological polar surface area (TPSA) is 92.5 Å². The van der Waals surface area contributed by atoms with Gasteiger partial charge in [0, 0.05) is 29.7 Å². The molecule has 0 atom stereocenters. The first-order chi connectivity index (χ1) is 8.96. The van der Waals surface area contributed by atoms with E-state index in [9.17, 15) is 14.9 Å². The Morgan fingerprint density at radius 2 is 2.16 bits per heavy atom. The number of non-ortho nitro benzene ring substituents is 1. The minimum atomic E-state index is -0.514. The van der Waals surface area contributed by atoms with Crippen molar-refractivity contribution < 1.29 is 14.8 Å². The first kappa shape index (κ1) is 13.5. The number of amides is 1. The number of rotatable bonds is 5. The third-order valence-electron chi connectivity index (χ3n) is 3.45. The molecule has 6 heteroatoms. The Kier molecular flexibility index (Phi) is 3.53. The van der Waals surface area contributed by atoms with Crippen LogP contribution in [0.2, 0.25) is 0 Å². The van der Waals surface area contributed by atoms with E-state index in [1.165, 1.54) is 12.1 Å². The summed E-state index contributed by atoms with van der Waals surface area (Å²) < 4.78 is 0. The quantitative estimate of drug-likeness (QED) is 0.621. The van der Waals surface area contributed by atoms with Gasteiger partial charge in [-0.1, -0.05) is 0 Å². The monoisotopic (exact) mass is 264 g/mol. The summed E-state index contributed by atoms with van der Waals surface area (Å²) in [4.78, 5) is 22.2. The summed E-state index contributed by atoms with van der Waals surface area (Å²) in [6.45, 7) is 2.17. The van der Waals surface area contributed by atoms with Crippen molar-refractivity contribution in [2.24, 2.45) is 5.41 Å². The van der Waals surface area contributed by atoms with Gasteiger partial charge < -0.3 is 10.4 Å². The van der Waals surface area contributed by atoms with Gasteiger partial charge in [-0.05, 0) is 31.4 Å². The zero-order valence-electron chi connectivity index (χ0n) is 10.7. The summed E-state index contributed by atoms with van der Waals surface area (Å²) in [5.74, 6) is -0.341. The Morgan fingerprint density at radius 1 is 1.47 bits per heavy atom. The van der Waals surface area contributed by atoms with Crippen LogP contribution in [0.4, 0.5) is 5.69 Å². The zero-order chi connectivity index (χ0) is 14.0. The molecule has 2 rings (SSSR count). The Bertz CT molecular complexity index is 523. The minimum Gasteiger partial charge on any atom is -0.396 e. The second-order valence-electron chi connectivity index (χ2n) is 5.16. The molecule has 0 aliphatic heterocycles. The lowest BCUT2D eigenvalue weighted by Crippen LogP contribution is -2.31. The summed E-state index contributed by atoms with van der Waals surface area (Å²) in [7, 11) is 0. The lowest BCUT2D eigenvalue weighted by atomic mass is 10.1. The molecule has 1 amide bonds. The van der Waals surface area contributed by atoms with Crippen LogP contribution in [0.3, 0.4) is 0 Å². The first-order valence-electron chi connectivity index (χ1n) is 6.11. The summed E-state index contributed by atoms with van der Waals surface area (Å²) in [6, 6.07) is 4.30. The molecular weight excluding hydrogens is 248 g/mol. The molecule has 1 aromatic rings. The molecule has 6 nitrogen and oxygen atoms in total. The van der Waals surface area contributed by atoms with E-state index in [1.54, 1.807) is 13.0 Å². The van der Waals surface area contributed by atoms with Crippen LogP contribution in [0.25, 0.3) is 0 Å². The standard InChI is InChI=1S/C13H16N2O4/c1-9-4-10(6-11(5-9)15(18)19)12(17)14-7-13(8-16)2-3-13/h4-6,16H,2-3,7-8H2,1H3,(H,14,17). The Balaban J connectivity index is 2.08. The molecule has 0 spiro atoms. The molecule has 0 saturated heterocycles. The number of aryl methyl sites for hydroxylation is 1. The van der Waals surface area contributed by atoms with E-state index in [0.717, 1.165) is 12.8 Å². The second-order valence-corrected chi connectivity index (χ2v) is 5.16. The number of aliphatic hydroxyl groups is 1. The highest BCUT2D eigenvalue weighted by atomic mass is 16.6. The number of nitrogens with zero attached hydrogens (tertiary/aromatic N) is 1. The number of carbonyl (C=O) groups is 1. The van der Waals surface area contributed by atoms with Crippen molar-refractivity contribution in [2.45, 2.75) is 19.8 Å². The van der Waals surface area contributed by atoms with Crippen molar-refractivity contribution in [1.29, 1.82) is 0 Å². The van der Waals surface area contributed by atoms with Crippen LogP contribution in [0, 0.1) is 22.5 Å². The number of carbonyl (C=O) groups excluding carboxylic acids is 1. The van der Waals surface area contributed by atoms with Crippen molar-refractivity contribution in [3.63, 3.8) is 0 Å². The summed E-state index contributed by atoms with van der Waals surface area (Å²) in [6.07, 6.45) is 1.80. The maximum atomic E-state index is 11.9.